The number of hydrogen-bond donors (Lipinski definition) is 7. The van der Waals surface area contributed by atoms with Crippen LogP contribution in [0.3, 0.4) is 0 Å². The molecule has 0 bridgehead atoms. The van der Waals surface area contributed by atoms with Gasteiger partial charge in [0.05, 0.1) is 6.54 Å². The van der Waals surface area contributed by atoms with Crippen LogP contribution in [-0.2, 0) is 24.0 Å². The summed E-state index contributed by atoms with van der Waals surface area (Å²) in [6, 6.07) is -4.48. The number of nitrogens with one attached hydrogen (secondary N) is 3. The van der Waals surface area contributed by atoms with Crippen molar-refractivity contribution in [2.24, 2.45) is 28.1 Å². The minimum absolute atomic E-state index is 0.0332. The molecule has 6 amide bonds. The third kappa shape index (κ3) is 10.1. The second-order valence-corrected chi connectivity index (χ2v) is 10.7. The fraction of sp³-hybridized carbons (Fsp3) is 0.720. The predicted octanol–water partition coefficient (Wildman–Crippen LogP) is -2.21. The Morgan fingerprint density at radius 2 is 1.46 bits per heavy atom. The highest BCUT2D eigenvalue weighted by Gasteiger charge is 2.37. The molecule has 0 spiro atoms. The summed E-state index contributed by atoms with van der Waals surface area (Å²) in [5.74, 6) is -3.48. The Morgan fingerprint density at radius 3 is 2.00 bits per heavy atom. The zero-order chi connectivity index (χ0) is 30.7. The van der Waals surface area contributed by atoms with Gasteiger partial charge in [-0.1, -0.05) is 13.8 Å². The first kappa shape index (κ1) is 33.1. The number of nitrogens with two attached hydrogens (primary N) is 3. The summed E-state index contributed by atoms with van der Waals surface area (Å²) in [7, 11) is 0. The third-order valence-electron chi connectivity index (χ3n) is 7.03. The van der Waals surface area contributed by atoms with Crippen LogP contribution in [0.2, 0.25) is 0 Å². The van der Waals surface area contributed by atoms with E-state index >= 15 is 0 Å². The summed E-state index contributed by atoms with van der Waals surface area (Å²) in [5, 5.41) is 17.2. The smallest absolute Gasteiger partial charge is 0.326 e. The van der Waals surface area contributed by atoms with Gasteiger partial charge in [-0.05, 0) is 50.9 Å². The highest BCUT2D eigenvalue weighted by atomic mass is 16.4. The van der Waals surface area contributed by atoms with Crippen molar-refractivity contribution in [3.05, 3.63) is 0 Å². The molecule has 2 heterocycles. The molecule has 41 heavy (non-hydrogen) atoms. The van der Waals surface area contributed by atoms with E-state index in [4.69, 9.17) is 17.2 Å². The third-order valence-corrected chi connectivity index (χ3v) is 7.03. The van der Waals surface area contributed by atoms with E-state index in [1.807, 2.05) is 13.8 Å². The van der Waals surface area contributed by atoms with Gasteiger partial charge in [-0.3, -0.25) is 24.2 Å². The summed E-state index contributed by atoms with van der Waals surface area (Å²) < 4.78 is 0. The fourth-order valence-electron chi connectivity index (χ4n) is 5.03. The van der Waals surface area contributed by atoms with E-state index in [2.05, 4.69) is 20.9 Å². The van der Waals surface area contributed by atoms with Crippen LogP contribution >= 0.6 is 0 Å². The van der Waals surface area contributed by atoms with E-state index in [0.29, 0.717) is 45.1 Å². The minimum atomic E-state index is -1.22. The van der Waals surface area contributed by atoms with Gasteiger partial charge in [0.2, 0.25) is 23.6 Å². The number of carbonyl (C=O) groups excluding carboxylic acids is 5. The molecule has 0 aromatic rings. The van der Waals surface area contributed by atoms with Gasteiger partial charge in [-0.2, -0.15) is 0 Å². The fourth-order valence-corrected chi connectivity index (χ4v) is 5.03. The number of guanidine groups is 1. The van der Waals surface area contributed by atoms with Crippen molar-refractivity contribution in [1.29, 1.82) is 0 Å². The van der Waals surface area contributed by atoms with Gasteiger partial charge in [0.25, 0.3) is 0 Å². The SMILES string of the molecule is CC(C)C[C@H](NC(=O)[C@@H]1CCCN1C(N)=O)C(=O)NCC(=O)N1CCC[C@H]1C(=O)N[C@H](CCCN=C(N)N)C(=O)O. The van der Waals surface area contributed by atoms with Gasteiger partial charge in [0.15, 0.2) is 5.96 Å². The molecule has 2 aliphatic rings. The first-order valence-corrected chi connectivity index (χ1v) is 13.8. The van der Waals surface area contributed by atoms with Crippen LogP contribution in [0.25, 0.3) is 0 Å². The van der Waals surface area contributed by atoms with Crippen LogP contribution < -0.4 is 33.2 Å². The van der Waals surface area contributed by atoms with E-state index in [1.165, 1.54) is 9.80 Å². The maximum absolute atomic E-state index is 13.0. The van der Waals surface area contributed by atoms with Crippen molar-refractivity contribution in [3.8, 4) is 0 Å². The van der Waals surface area contributed by atoms with E-state index < -0.39 is 66.3 Å². The van der Waals surface area contributed by atoms with Crippen molar-refractivity contribution in [2.45, 2.75) is 83.0 Å². The van der Waals surface area contributed by atoms with Crippen molar-refractivity contribution in [1.82, 2.24) is 25.8 Å². The number of carboxylic acids is 1. The molecule has 0 saturated carbocycles. The quantitative estimate of drug-likeness (QED) is 0.0665. The van der Waals surface area contributed by atoms with Gasteiger partial charge in [0, 0.05) is 19.6 Å². The Balaban J connectivity index is 1.96. The van der Waals surface area contributed by atoms with Crippen molar-refractivity contribution in [3.63, 3.8) is 0 Å². The largest absolute Gasteiger partial charge is 0.480 e. The van der Waals surface area contributed by atoms with E-state index in [1.54, 1.807) is 0 Å². The maximum atomic E-state index is 13.0. The number of carboxylic acid groups (broad SMARTS) is 1. The van der Waals surface area contributed by atoms with Gasteiger partial charge >= 0.3 is 12.0 Å². The Hall–Kier alpha value is -4.11. The molecule has 4 atom stereocenters. The van der Waals surface area contributed by atoms with Crippen LogP contribution in [-0.4, -0.2) is 107 Å². The lowest BCUT2D eigenvalue weighted by Crippen LogP contribution is -2.56. The maximum Gasteiger partial charge on any atom is 0.326 e. The van der Waals surface area contributed by atoms with Crippen molar-refractivity contribution < 1.29 is 33.9 Å². The van der Waals surface area contributed by atoms with Crippen LogP contribution in [0.15, 0.2) is 4.99 Å². The molecule has 2 aliphatic heterocycles. The number of carbonyl (C=O) groups is 6. The molecule has 2 saturated heterocycles. The standard InChI is InChI=1S/C25H43N9O7/c1-14(2)12-16(32-22(38)18-8-5-11-34(18)25(28)41)20(36)30-13-19(35)33-10-4-7-17(33)21(37)31-15(23(39)40)6-3-9-29-24(26)27/h14-18H,3-13H2,1-2H3,(H2,28,41)(H,30,36)(H,31,37)(H,32,38)(H,39,40)(H4,26,27,29)/t15-,16+,17+,18+/m1/s1. The monoisotopic (exact) mass is 581 g/mol. The first-order valence-electron chi connectivity index (χ1n) is 13.8. The molecule has 2 fully saturated rings. The molecule has 230 valence electrons. The lowest BCUT2D eigenvalue weighted by atomic mass is 10.0. The van der Waals surface area contributed by atoms with E-state index in [9.17, 15) is 33.9 Å². The summed E-state index contributed by atoms with van der Waals surface area (Å²) in [5.41, 5.74) is 15.9. The van der Waals surface area contributed by atoms with E-state index in [-0.39, 0.29) is 31.4 Å². The summed E-state index contributed by atoms with van der Waals surface area (Å²) >= 11 is 0. The molecule has 16 nitrogen and oxygen atoms in total. The van der Waals surface area contributed by atoms with Crippen LogP contribution in [0, 0.1) is 5.92 Å². The number of urea groups is 1. The Labute approximate surface area is 238 Å². The zero-order valence-electron chi connectivity index (χ0n) is 23.6. The molecule has 2 rings (SSSR count). The van der Waals surface area contributed by atoms with Gasteiger partial charge in [-0.15, -0.1) is 0 Å². The average Bonchev–Trinajstić information content (AvgIpc) is 3.58. The number of rotatable bonds is 14. The molecule has 0 aromatic heterocycles. The van der Waals surface area contributed by atoms with Crippen LogP contribution in [0.1, 0.15) is 58.8 Å². The molecular weight excluding hydrogens is 538 g/mol. The number of likely N-dealkylation sites (tertiary alicyclic amines) is 2. The molecule has 0 radical (unpaired) electrons. The molecule has 0 unspecified atom stereocenters. The van der Waals surface area contributed by atoms with Crippen LogP contribution in [0.5, 0.6) is 0 Å². The molecule has 16 heteroatoms. The summed E-state index contributed by atoms with van der Waals surface area (Å²) in [4.78, 5) is 81.4. The number of hydrogen-bond acceptors (Lipinski definition) is 7. The lowest BCUT2D eigenvalue weighted by molar-refractivity contribution is -0.144. The molecular formula is C25H43N9O7. The second-order valence-electron chi connectivity index (χ2n) is 10.7. The van der Waals surface area contributed by atoms with Crippen LogP contribution in [0.4, 0.5) is 4.79 Å². The molecule has 0 aliphatic carbocycles. The second kappa shape index (κ2) is 15.6. The van der Waals surface area contributed by atoms with Gasteiger partial charge in [-0.25, -0.2) is 9.59 Å². The zero-order valence-corrected chi connectivity index (χ0v) is 23.6. The molecule has 0 aromatic carbocycles. The van der Waals surface area contributed by atoms with Crippen molar-refractivity contribution in [2.75, 3.05) is 26.2 Å². The Bertz CT molecular complexity index is 1020. The molecule has 10 N–H and O–H groups in total. The van der Waals surface area contributed by atoms with Gasteiger partial charge < -0.3 is 48.1 Å². The highest BCUT2D eigenvalue weighted by molar-refractivity contribution is 5.95. The number of primary amides is 1. The normalized spacial score (nSPS) is 19.8. The summed E-state index contributed by atoms with van der Waals surface area (Å²) in [6.07, 6.45) is 2.63. The van der Waals surface area contributed by atoms with E-state index in [0.717, 1.165) is 0 Å². The van der Waals surface area contributed by atoms with Crippen molar-refractivity contribution >= 4 is 41.6 Å². The minimum Gasteiger partial charge on any atom is -0.480 e. The summed E-state index contributed by atoms with van der Waals surface area (Å²) in [6.45, 7) is 4.18. The Kier molecular flexibility index (Phi) is 12.6. The number of amides is 6. The Morgan fingerprint density at radius 1 is 0.902 bits per heavy atom. The predicted molar refractivity (Wildman–Crippen MR) is 148 cm³/mol. The number of aliphatic imine (C=N–C) groups is 1. The number of aliphatic carboxylic acids is 1. The van der Waals surface area contributed by atoms with Gasteiger partial charge in [0.1, 0.15) is 24.2 Å². The average molecular weight is 582 g/mol. The number of nitrogens with zero attached hydrogens (tertiary/aromatic N) is 3. The first-order chi connectivity index (χ1) is 19.3. The topological polar surface area (TPSA) is 256 Å². The lowest BCUT2D eigenvalue weighted by Gasteiger charge is -2.27. The highest BCUT2D eigenvalue weighted by Crippen LogP contribution is 2.19.